The van der Waals surface area contributed by atoms with Crippen molar-refractivity contribution in [2.24, 2.45) is 47.3 Å². The van der Waals surface area contributed by atoms with E-state index >= 15 is 0 Å². The van der Waals surface area contributed by atoms with Gasteiger partial charge in [0.1, 0.15) is 0 Å². The average Bonchev–Trinajstić information content (AvgIpc) is 3.76. The molecule has 0 aromatic heterocycles. The quantitative estimate of drug-likeness (QED) is 0.157. The predicted octanol–water partition coefficient (Wildman–Crippen LogP) is 2.08. The van der Waals surface area contributed by atoms with E-state index < -0.39 is 15.4 Å². The van der Waals surface area contributed by atoms with Crippen LogP contribution in [0.25, 0.3) is 0 Å². The second-order valence-electron chi connectivity index (χ2n) is 16.2. The van der Waals surface area contributed by atoms with Gasteiger partial charge in [0.2, 0.25) is 0 Å². The zero-order chi connectivity index (χ0) is 30.3. The van der Waals surface area contributed by atoms with E-state index in [0.29, 0.717) is 54.3 Å². The van der Waals surface area contributed by atoms with Crippen LogP contribution in [-0.4, -0.2) is 63.8 Å². The van der Waals surface area contributed by atoms with Crippen molar-refractivity contribution in [2.75, 3.05) is 0 Å². The molecular formula is C32H55ClCuN8O3S. The Kier molecular flexibility index (Phi) is 9.85. The molecule has 17 atom stereocenters. The topological polar surface area (TPSA) is 140 Å². The van der Waals surface area contributed by atoms with Gasteiger partial charge in [0.05, 0.1) is 55.4 Å². The minimum atomic E-state index is -4.08. The predicted molar refractivity (Wildman–Crippen MR) is 172 cm³/mol. The van der Waals surface area contributed by atoms with Gasteiger partial charge in [0.15, 0.2) is 0 Å². The van der Waals surface area contributed by atoms with Gasteiger partial charge in [-0.05, 0) is 92.8 Å². The number of hydrogen-bond acceptors (Lipinski definition) is 11. The van der Waals surface area contributed by atoms with Crippen LogP contribution >= 0.6 is 10.7 Å². The van der Waals surface area contributed by atoms with Crippen LogP contribution in [0.2, 0.25) is 0 Å². The molecule has 5 heterocycles. The van der Waals surface area contributed by atoms with Crippen molar-refractivity contribution in [1.82, 2.24) is 42.5 Å². The summed E-state index contributed by atoms with van der Waals surface area (Å²) >= 11 is 0. The molecule has 46 heavy (non-hydrogen) atoms. The first-order valence-electron chi connectivity index (χ1n) is 18.6. The summed E-state index contributed by atoms with van der Waals surface area (Å²) in [7, 11) is 1.66. The normalized spacial score (nSPS) is 53.4. The Morgan fingerprint density at radius 3 is 1.02 bits per heavy atom. The summed E-state index contributed by atoms with van der Waals surface area (Å²) in [6, 6.07) is 0. The number of fused-ring (bicyclic) bond motifs is 20. The summed E-state index contributed by atoms with van der Waals surface area (Å²) in [5, 5.41) is 32.8. The number of nitrogens with one attached hydrogen (secondary N) is 8. The largest absolute Gasteiger partial charge is 0.355 e. The van der Waals surface area contributed by atoms with Crippen LogP contribution in [0.15, 0.2) is 0 Å². The van der Waals surface area contributed by atoms with E-state index in [1.807, 2.05) is 0 Å². The summed E-state index contributed by atoms with van der Waals surface area (Å²) in [6.07, 6.45) is 19.2. The molecule has 11 nitrogen and oxygen atoms in total. The molecule has 0 aromatic rings. The van der Waals surface area contributed by atoms with E-state index in [-0.39, 0.29) is 65.9 Å². The Morgan fingerprint density at radius 1 is 0.413 bits per heavy atom. The minimum Gasteiger partial charge on any atom is -0.286 e. The molecule has 0 amide bonds. The molecule has 5 saturated heterocycles. The molecule has 9 aliphatic rings. The molecular weight excluding hydrogens is 675 g/mol. The van der Waals surface area contributed by atoms with Gasteiger partial charge in [-0.1, -0.05) is 44.9 Å². The molecule has 5 aliphatic heterocycles. The van der Waals surface area contributed by atoms with Gasteiger partial charge in [-0.25, -0.2) is 0 Å². The first kappa shape index (κ1) is 33.5. The second kappa shape index (κ2) is 13.5. The molecule has 4 aliphatic carbocycles. The van der Waals surface area contributed by atoms with Crippen molar-refractivity contribution >= 4 is 20.0 Å². The molecule has 14 heteroatoms. The van der Waals surface area contributed by atoms with Crippen molar-refractivity contribution in [3.05, 3.63) is 0 Å². The van der Waals surface area contributed by atoms with E-state index in [1.165, 1.54) is 77.0 Å². The molecule has 9 rings (SSSR count). The fraction of sp³-hybridized carbons (Fsp3) is 1.00. The standard InChI is InChI=1S/C32H55ClN8O3S.Cu/c33-45(42,43)44-23-15-7-14-22-24(23)32-40-30-21-13-6-5-12-20(21)28(38-30)36-26-17-9-2-1-8-16(17)25(34-26)35-27-18-10-3-4-11-19(18)29(37-27)39-31(22)41-32;/h16-32,34-41H,1-15H2;. The van der Waals surface area contributed by atoms with E-state index in [9.17, 15) is 8.42 Å². The van der Waals surface area contributed by atoms with Gasteiger partial charge in [0.25, 0.3) is 0 Å². The monoisotopic (exact) mass is 729 g/mol. The number of halogens is 1. The van der Waals surface area contributed by atoms with Gasteiger partial charge in [-0.15, -0.1) is 0 Å². The van der Waals surface area contributed by atoms with Crippen LogP contribution in [0.1, 0.15) is 96.3 Å². The van der Waals surface area contributed by atoms with Gasteiger partial charge in [-0.3, -0.25) is 46.7 Å². The Labute approximate surface area is 290 Å². The smallest absolute Gasteiger partial charge is 0.286 e. The minimum absolute atomic E-state index is 0. The molecule has 8 N–H and O–H groups in total. The summed E-state index contributed by atoms with van der Waals surface area (Å²) in [5.74, 6) is 3.88. The van der Waals surface area contributed by atoms with Crippen LogP contribution in [-0.2, 0) is 30.6 Å². The van der Waals surface area contributed by atoms with Crippen LogP contribution in [0.5, 0.6) is 0 Å². The zero-order valence-electron chi connectivity index (χ0n) is 26.7. The summed E-state index contributed by atoms with van der Waals surface area (Å²) < 4.78 is 30.1. The molecule has 265 valence electrons. The maximum Gasteiger partial charge on any atom is 0.355 e. The van der Waals surface area contributed by atoms with Gasteiger partial charge in [-0.2, -0.15) is 8.42 Å². The van der Waals surface area contributed by atoms with Crippen LogP contribution < -0.4 is 42.5 Å². The van der Waals surface area contributed by atoms with Gasteiger partial charge >= 0.3 is 9.33 Å². The Balaban J connectivity index is 0.00000312. The molecule has 17 unspecified atom stereocenters. The van der Waals surface area contributed by atoms with Crippen molar-refractivity contribution in [1.29, 1.82) is 0 Å². The molecule has 8 bridgehead atoms. The third-order valence-electron chi connectivity index (χ3n) is 14.1. The van der Waals surface area contributed by atoms with E-state index in [2.05, 4.69) is 42.5 Å². The van der Waals surface area contributed by atoms with Crippen molar-refractivity contribution < 1.29 is 29.7 Å². The Bertz CT molecular complexity index is 1210. The fourth-order valence-corrected chi connectivity index (χ4v) is 13.1. The van der Waals surface area contributed by atoms with Gasteiger partial charge in [0, 0.05) is 33.7 Å². The third kappa shape index (κ3) is 6.17. The van der Waals surface area contributed by atoms with Crippen molar-refractivity contribution in [3.63, 3.8) is 0 Å². The first-order chi connectivity index (χ1) is 21.9. The third-order valence-corrected chi connectivity index (χ3v) is 14.8. The average molecular weight is 731 g/mol. The molecule has 4 saturated carbocycles. The maximum atomic E-state index is 12.2. The Morgan fingerprint density at radius 2 is 0.696 bits per heavy atom. The molecule has 9 fully saturated rings. The number of rotatable bonds is 2. The molecule has 0 spiro atoms. The maximum absolute atomic E-state index is 12.2. The fourth-order valence-electron chi connectivity index (χ4n) is 12.3. The summed E-state index contributed by atoms with van der Waals surface area (Å²) in [5.41, 5.74) is 0. The second-order valence-corrected chi connectivity index (χ2v) is 18.3. The summed E-state index contributed by atoms with van der Waals surface area (Å²) in [6.45, 7) is 0. The first-order valence-corrected chi connectivity index (χ1v) is 20.8. The van der Waals surface area contributed by atoms with Crippen LogP contribution in [0.4, 0.5) is 0 Å². The van der Waals surface area contributed by atoms with E-state index in [4.69, 9.17) is 14.9 Å². The van der Waals surface area contributed by atoms with Gasteiger partial charge < -0.3 is 0 Å². The van der Waals surface area contributed by atoms with E-state index in [1.54, 1.807) is 0 Å². The number of hydrogen-bond donors (Lipinski definition) is 8. The van der Waals surface area contributed by atoms with Crippen molar-refractivity contribution in [3.8, 4) is 0 Å². The zero-order valence-corrected chi connectivity index (χ0v) is 29.2. The molecule has 1 radical (unpaired) electrons. The summed E-state index contributed by atoms with van der Waals surface area (Å²) in [4.78, 5) is 0. The van der Waals surface area contributed by atoms with Crippen LogP contribution in [0.3, 0.4) is 0 Å². The SMILES string of the molecule is O=S(=O)(Cl)OC1CCCC2C3NC4NC(NC5NC(NC6NC(NC(N3)C12)C1CCCCC61)C1CCCCC51)C1CCCCC41.[Cu]. The van der Waals surface area contributed by atoms with Crippen LogP contribution in [0, 0.1) is 47.3 Å². The van der Waals surface area contributed by atoms with E-state index in [0.717, 1.165) is 12.8 Å². The molecule has 0 aromatic carbocycles. The Hall–Kier alpha value is 0.399. The van der Waals surface area contributed by atoms with Crippen molar-refractivity contribution in [2.45, 2.75) is 152 Å².